The van der Waals surface area contributed by atoms with E-state index in [2.05, 4.69) is 9.17 Å². The van der Waals surface area contributed by atoms with Gasteiger partial charge in [-0.15, -0.1) is 0 Å². The number of aromatic nitrogens is 1. The predicted molar refractivity (Wildman–Crippen MR) is 69.4 cm³/mol. The van der Waals surface area contributed by atoms with Gasteiger partial charge in [-0.2, -0.15) is 8.42 Å². The van der Waals surface area contributed by atoms with Gasteiger partial charge in [0.25, 0.3) is 10.1 Å². The van der Waals surface area contributed by atoms with Crippen LogP contribution >= 0.6 is 0 Å². The van der Waals surface area contributed by atoms with E-state index in [4.69, 9.17) is 4.42 Å². The zero-order valence-corrected chi connectivity index (χ0v) is 11.1. The molecule has 0 saturated carbocycles. The van der Waals surface area contributed by atoms with Crippen molar-refractivity contribution in [2.45, 2.75) is 12.8 Å². The molecule has 0 amide bonds. The van der Waals surface area contributed by atoms with Crippen LogP contribution in [-0.2, 0) is 20.7 Å². The molecule has 0 saturated heterocycles. The number of pyridine rings is 1. The van der Waals surface area contributed by atoms with Gasteiger partial charge in [-0.05, 0) is 18.6 Å². The number of fused-ring (bicyclic) bond motifs is 1. The van der Waals surface area contributed by atoms with Gasteiger partial charge in [0.05, 0.1) is 23.8 Å². The van der Waals surface area contributed by atoms with Crippen LogP contribution in [0.3, 0.4) is 0 Å². The largest absolute Gasteiger partial charge is 0.427 e. The van der Waals surface area contributed by atoms with Gasteiger partial charge in [-0.25, -0.2) is 4.79 Å². The Balaban J connectivity index is 2.08. The van der Waals surface area contributed by atoms with E-state index in [0.29, 0.717) is 29.5 Å². The Morgan fingerprint density at radius 3 is 2.95 bits per heavy atom. The zero-order valence-electron chi connectivity index (χ0n) is 10.3. The van der Waals surface area contributed by atoms with Gasteiger partial charge in [-0.1, -0.05) is 0 Å². The summed E-state index contributed by atoms with van der Waals surface area (Å²) in [6, 6.07) is 4.99. The molecule has 0 aromatic carbocycles. The third kappa shape index (κ3) is 3.87. The van der Waals surface area contributed by atoms with Crippen molar-refractivity contribution < 1.29 is 17.0 Å². The fourth-order valence-electron chi connectivity index (χ4n) is 1.64. The van der Waals surface area contributed by atoms with Crippen LogP contribution in [0.1, 0.15) is 12.2 Å². The van der Waals surface area contributed by atoms with Gasteiger partial charge in [0.15, 0.2) is 0 Å². The molecule has 0 aliphatic rings. The molecule has 0 fully saturated rings. The molecule has 2 aromatic heterocycles. The summed E-state index contributed by atoms with van der Waals surface area (Å²) < 4.78 is 31.3. The summed E-state index contributed by atoms with van der Waals surface area (Å²) in [6.07, 6.45) is 3.44. The maximum Gasteiger partial charge on any atom is 0.345 e. The van der Waals surface area contributed by atoms with Crippen molar-refractivity contribution >= 4 is 21.0 Å². The molecule has 2 rings (SSSR count). The van der Waals surface area contributed by atoms with Crippen LogP contribution in [-0.4, -0.2) is 26.3 Å². The Morgan fingerprint density at radius 1 is 1.42 bits per heavy atom. The molecule has 2 heterocycles. The fourth-order valence-corrected chi connectivity index (χ4v) is 2.06. The number of aryl methyl sites for hydroxylation is 1. The van der Waals surface area contributed by atoms with Crippen molar-refractivity contribution in [2.24, 2.45) is 0 Å². The van der Waals surface area contributed by atoms with Crippen molar-refractivity contribution in [3.8, 4) is 0 Å². The highest BCUT2D eigenvalue weighted by atomic mass is 32.2. The summed E-state index contributed by atoms with van der Waals surface area (Å²) in [6.45, 7) is 0.0583. The van der Waals surface area contributed by atoms with E-state index in [-0.39, 0.29) is 6.61 Å². The lowest BCUT2D eigenvalue weighted by Gasteiger charge is -2.02. The molecule has 7 heteroatoms. The topological polar surface area (TPSA) is 86.5 Å². The van der Waals surface area contributed by atoms with Crippen LogP contribution in [0.15, 0.2) is 33.6 Å². The van der Waals surface area contributed by atoms with Crippen molar-refractivity contribution in [1.82, 2.24) is 4.98 Å². The minimum absolute atomic E-state index is 0.0583. The molecular weight excluding hydrogens is 270 g/mol. The highest BCUT2D eigenvalue weighted by Crippen LogP contribution is 2.10. The molecule has 0 bridgehead atoms. The SMILES string of the molecule is CS(=O)(=O)OCCCc1cc2ncccc2c(=O)o1. The summed E-state index contributed by atoms with van der Waals surface area (Å²) in [5.74, 6) is 0.466. The van der Waals surface area contributed by atoms with Gasteiger partial charge in [0.2, 0.25) is 0 Å². The molecule has 0 unspecified atom stereocenters. The van der Waals surface area contributed by atoms with Crippen LogP contribution in [0, 0.1) is 0 Å². The quantitative estimate of drug-likeness (QED) is 0.603. The first kappa shape index (κ1) is 13.7. The summed E-state index contributed by atoms with van der Waals surface area (Å²) in [4.78, 5) is 15.7. The first-order chi connectivity index (χ1) is 8.96. The number of hydrogen-bond acceptors (Lipinski definition) is 6. The summed E-state index contributed by atoms with van der Waals surface area (Å²) in [5.41, 5.74) is 0.127. The molecule has 0 aliphatic carbocycles. The van der Waals surface area contributed by atoms with Crippen molar-refractivity contribution in [3.63, 3.8) is 0 Å². The van der Waals surface area contributed by atoms with E-state index in [1.54, 1.807) is 24.4 Å². The fraction of sp³-hybridized carbons (Fsp3) is 0.333. The van der Waals surface area contributed by atoms with Crippen molar-refractivity contribution in [2.75, 3.05) is 12.9 Å². The Hall–Kier alpha value is -1.73. The minimum Gasteiger partial charge on any atom is -0.427 e. The van der Waals surface area contributed by atoms with E-state index < -0.39 is 15.7 Å². The van der Waals surface area contributed by atoms with E-state index in [9.17, 15) is 13.2 Å². The third-order valence-corrected chi connectivity index (χ3v) is 3.04. The number of hydrogen-bond donors (Lipinski definition) is 0. The maximum atomic E-state index is 11.7. The number of rotatable bonds is 5. The van der Waals surface area contributed by atoms with Crippen LogP contribution in [0.4, 0.5) is 0 Å². The van der Waals surface area contributed by atoms with Crippen molar-refractivity contribution in [1.29, 1.82) is 0 Å². The molecule has 0 N–H and O–H groups in total. The summed E-state index contributed by atoms with van der Waals surface area (Å²) >= 11 is 0. The monoisotopic (exact) mass is 283 g/mol. The molecular formula is C12H13NO5S. The molecule has 0 spiro atoms. The first-order valence-corrected chi connectivity index (χ1v) is 7.49. The highest BCUT2D eigenvalue weighted by Gasteiger charge is 2.06. The Morgan fingerprint density at radius 2 is 2.21 bits per heavy atom. The van der Waals surface area contributed by atoms with Crippen LogP contribution in [0.25, 0.3) is 10.9 Å². The second-order valence-corrected chi connectivity index (χ2v) is 5.71. The smallest absolute Gasteiger partial charge is 0.345 e. The predicted octanol–water partition coefficient (Wildman–Crippen LogP) is 1.10. The van der Waals surface area contributed by atoms with E-state index in [0.717, 1.165) is 6.26 Å². The lowest BCUT2D eigenvalue weighted by molar-refractivity contribution is 0.309. The molecule has 102 valence electrons. The van der Waals surface area contributed by atoms with Crippen LogP contribution < -0.4 is 5.63 Å². The minimum atomic E-state index is -3.43. The Labute approximate surface area is 110 Å². The van der Waals surface area contributed by atoms with Gasteiger partial charge >= 0.3 is 5.63 Å². The highest BCUT2D eigenvalue weighted by molar-refractivity contribution is 7.85. The Kier molecular flexibility index (Phi) is 3.96. The standard InChI is InChI=1S/C12H13NO5S/c1-19(15,16)17-7-3-4-9-8-11-10(12(14)18-9)5-2-6-13-11/h2,5-6,8H,3-4,7H2,1H3. The summed E-state index contributed by atoms with van der Waals surface area (Å²) in [7, 11) is -3.43. The third-order valence-electron chi connectivity index (χ3n) is 2.44. The Bertz CT molecular complexity index is 735. The lowest BCUT2D eigenvalue weighted by atomic mass is 10.2. The normalized spacial score (nSPS) is 11.8. The second kappa shape index (κ2) is 5.50. The molecule has 0 aliphatic heterocycles. The average Bonchev–Trinajstić information content (AvgIpc) is 2.34. The second-order valence-electron chi connectivity index (χ2n) is 4.07. The average molecular weight is 283 g/mol. The lowest BCUT2D eigenvalue weighted by Crippen LogP contribution is -2.06. The van der Waals surface area contributed by atoms with E-state index >= 15 is 0 Å². The molecule has 6 nitrogen and oxygen atoms in total. The van der Waals surface area contributed by atoms with Gasteiger partial charge < -0.3 is 4.42 Å². The summed E-state index contributed by atoms with van der Waals surface area (Å²) in [5, 5.41) is 0.429. The van der Waals surface area contributed by atoms with E-state index in [1.807, 2.05) is 0 Å². The van der Waals surface area contributed by atoms with Crippen LogP contribution in [0.5, 0.6) is 0 Å². The van der Waals surface area contributed by atoms with Gasteiger partial charge in [-0.3, -0.25) is 9.17 Å². The number of nitrogens with zero attached hydrogens (tertiary/aromatic N) is 1. The molecule has 19 heavy (non-hydrogen) atoms. The van der Waals surface area contributed by atoms with Gasteiger partial charge in [0, 0.05) is 18.7 Å². The zero-order chi connectivity index (χ0) is 13.9. The molecule has 0 atom stereocenters. The van der Waals surface area contributed by atoms with Gasteiger partial charge in [0.1, 0.15) is 5.76 Å². The van der Waals surface area contributed by atoms with Crippen LogP contribution in [0.2, 0.25) is 0 Å². The molecule has 0 radical (unpaired) electrons. The maximum absolute atomic E-state index is 11.7. The van der Waals surface area contributed by atoms with E-state index in [1.165, 1.54) is 0 Å². The van der Waals surface area contributed by atoms with Crippen molar-refractivity contribution in [3.05, 3.63) is 40.6 Å². The molecule has 2 aromatic rings. The first-order valence-electron chi connectivity index (χ1n) is 5.68.